The number of rotatable bonds is 8. The highest BCUT2D eigenvalue weighted by molar-refractivity contribution is 7.98. The van der Waals surface area contributed by atoms with E-state index in [-0.39, 0.29) is 0 Å². The molecule has 0 aromatic carbocycles. The summed E-state index contributed by atoms with van der Waals surface area (Å²) in [4.78, 5) is 14.5. The molecule has 0 aliphatic heterocycles. The third-order valence-corrected chi connectivity index (χ3v) is 4.93. The van der Waals surface area contributed by atoms with Gasteiger partial charge in [0.2, 0.25) is 0 Å². The number of hydrogen-bond donors (Lipinski definition) is 0. The van der Waals surface area contributed by atoms with E-state index in [1.54, 1.807) is 18.0 Å². The van der Waals surface area contributed by atoms with Crippen LogP contribution >= 0.6 is 11.8 Å². The molecule has 0 saturated carbocycles. The van der Waals surface area contributed by atoms with Crippen molar-refractivity contribution in [1.82, 2.24) is 24.7 Å². The minimum atomic E-state index is 0.622. The molecule has 1 atom stereocenters. The van der Waals surface area contributed by atoms with E-state index in [0.717, 1.165) is 47.8 Å². The van der Waals surface area contributed by atoms with Crippen molar-refractivity contribution in [3.05, 3.63) is 60.7 Å². The van der Waals surface area contributed by atoms with Crippen LogP contribution in [0.25, 0.3) is 5.69 Å². The lowest BCUT2D eigenvalue weighted by atomic mass is 9.98. The fraction of sp³-hybridized carbons (Fsp3) is 0.368. The average molecular weight is 353 g/mol. The van der Waals surface area contributed by atoms with Crippen LogP contribution < -0.4 is 0 Å². The first kappa shape index (κ1) is 17.6. The lowest BCUT2D eigenvalue weighted by molar-refractivity contribution is 0.484. The van der Waals surface area contributed by atoms with Gasteiger partial charge in [-0.3, -0.25) is 4.98 Å². The second kappa shape index (κ2) is 8.76. The van der Waals surface area contributed by atoms with E-state index in [4.69, 9.17) is 0 Å². The van der Waals surface area contributed by atoms with Crippen LogP contribution in [0.5, 0.6) is 0 Å². The Balaban J connectivity index is 1.44. The van der Waals surface area contributed by atoms with Gasteiger partial charge in [-0.1, -0.05) is 6.92 Å². The predicted octanol–water partition coefficient (Wildman–Crippen LogP) is 3.98. The van der Waals surface area contributed by atoms with Crippen molar-refractivity contribution < 1.29 is 0 Å². The van der Waals surface area contributed by atoms with Crippen LogP contribution in [0.1, 0.15) is 31.3 Å². The number of aryl methyl sites for hydroxylation is 2. The molecule has 3 rings (SSSR count). The topological polar surface area (TPSA) is 56.5 Å². The Morgan fingerprint density at radius 1 is 1.04 bits per heavy atom. The molecule has 3 aromatic rings. The van der Waals surface area contributed by atoms with Gasteiger partial charge in [-0.25, -0.2) is 14.6 Å². The molecule has 0 radical (unpaired) electrons. The summed E-state index contributed by atoms with van der Waals surface area (Å²) in [5.41, 5.74) is 2.12. The van der Waals surface area contributed by atoms with Gasteiger partial charge in [0.05, 0.1) is 11.9 Å². The molecule has 6 heteroatoms. The Bertz CT molecular complexity index is 754. The number of aromatic nitrogens is 5. The summed E-state index contributed by atoms with van der Waals surface area (Å²) in [6.07, 6.45) is 15.6. The van der Waals surface area contributed by atoms with Crippen LogP contribution in [-0.4, -0.2) is 31.0 Å². The molecule has 0 saturated heterocycles. The molecule has 0 spiro atoms. The molecule has 3 aromatic heterocycles. The molecule has 130 valence electrons. The molecular formula is C19H23N5S. The fourth-order valence-electron chi connectivity index (χ4n) is 2.61. The van der Waals surface area contributed by atoms with Gasteiger partial charge in [0, 0.05) is 41.8 Å². The maximum Gasteiger partial charge on any atom is 0.128 e. The van der Waals surface area contributed by atoms with Gasteiger partial charge in [-0.2, -0.15) is 5.10 Å². The molecule has 0 aliphatic carbocycles. The second-order valence-electron chi connectivity index (χ2n) is 6.18. The normalized spacial score (nSPS) is 12.2. The Morgan fingerprint density at radius 3 is 2.48 bits per heavy atom. The predicted molar refractivity (Wildman–Crippen MR) is 101 cm³/mol. The van der Waals surface area contributed by atoms with Crippen LogP contribution in [-0.2, 0) is 12.8 Å². The van der Waals surface area contributed by atoms with Crippen LogP contribution in [0.4, 0.5) is 0 Å². The second-order valence-corrected chi connectivity index (χ2v) is 7.06. The van der Waals surface area contributed by atoms with E-state index in [0.29, 0.717) is 5.92 Å². The van der Waals surface area contributed by atoms with Crippen LogP contribution in [0.15, 0.2) is 54.1 Å². The third-order valence-electron chi connectivity index (χ3n) is 4.25. The summed E-state index contributed by atoms with van der Waals surface area (Å²) in [7, 11) is 0. The summed E-state index contributed by atoms with van der Waals surface area (Å²) in [6.45, 7) is 2.29. The maximum absolute atomic E-state index is 4.56. The summed E-state index contributed by atoms with van der Waals surface area (Å²) in [6, 6.07) is 6.07. The molecule has 5 nitrogen and oxygen atoms in total. The van der Waals surface area contributed by atoms with E-state index in [1.165, 1.54) is 0 Å². The molecule has 0 amide bonds. The minimum Gasteiger partial charge on any atom is -0.259 e. The van der Waals surface area contributed by atoms with Crippen molar-refractivity contribution in [3.8, 4) is 5.69 Å². The van der Waals surface area contributed by atoms with Gasteiger partial charge in [-0.15, -0.1) is 11.8 Å². The van der Waals surface area contributed by atoms with E-state index >= 15 is 0 Å². The number of hydrogen-bond acceptors (Lipinski definition) is 5. The third kappa shape index (κ3) is 5.13. The number of thioether (sulfide) groups is 1. The summed E-state index contributed by atoms with van der Waals surface area (Å²) in [5.74, 6) is 1.56. The lowest BCUT2D eigenvalue weighted by Gasteiger charge is -2.11. The summed E-state index contributed by atoms with van der Waals surface area (Å²) < 4.78 is 1.82. The van der Waals surface area contributed by atoms with Crippen molar-refractivity contribution in [3.63, 3.8) is 0 Å². The summed E-state index contributed by atoms with van der Waals surface area (Å²) in [5, 5.41) is 4.22. The van der Waals surface area contributed by atoms with Crippen molar-refractivity contribution in [2.75, 3.05) is 6.26 Å². The highest BCUT2D eigenvalue weighted by Gasteiger charge is 2.06. The first-order chi connectivity index (χ1) is 12.2. The average Bonchev–Trinajstić information content (AvgIpc) is 3.20. The zero-order chi connectivity index (χ0) is 17.5. The Hall–Kier alpha value is -2.21. The first-order valence-electron chi connectivity index (χ1n) is 8.54. The van der Waals surface area contributed by atoms with Crippen LogP contribution in [0.2, 0.25) is 0 Å². The molecular weight excluding hydrogens is 330 g/mol. The molecule has 25 heavy (non-hydrogen) atoms. The van der Waals surface area contributed by atoms with Gasteiger partial charge in [-0.05, 0) is 49.6 Å². The van der Waals surface area contributed by atoms with Crippen LogP contribution in [0.3, 0.4) is 0 Å². The zero-order valence-electron chi connectivity index (χ0n) is 14.7. The van der Waals surface area contributed by atoms with Crippen molar-refractivity contribution in [2.24, 2.45) is 5.92 Å². The molecule has 0 aliphatic rings. The lowest BCUT2D eigenvalue weighted by Crippen LogP contribution is -2.03. The largest absolute Gasteiger partial charge is 0.259 e. The molecule has 1 unspecified atom stereocenters. The molecule has 0 bridgehead atoms. The Labute approximate surface area is 152 Å². The van der Waals surface area contributed by atoms with Crippen molar-refractivity contribution in [2.45, 2.75) is 37.5 Å². The van der Waals surface area contributed by atoms with Crippen molar-refractivity contribution in [1.29, 1.82) is 0 Å². The number of nitrogens with zero attached hydrogens (tertiary/aromatic N) is 5. The SMILES string of the molecule is CSc1cnc(CCC(C)CCc2ccc(-n3cccn3)cn2)nc1. The van der Waals surface area contributed by atoms with E-state index in [9.17, 15) is 0 Å². The van der Waals surface area contributed by atoms with E-state index in [1.807, 2.05) is 41.8 Å². The monoisotopic (exact) mass is 353 g/mol. The van der Waals surface area contributed by atoms with Crippen LogP contribution in [0, 0.1) is 5.92 Å². The maximum atomic E-state index is 4.56. The summed E-state index contributed by atoms with van der Waals surface area (Å²) >= 11 is 1.67. The first-order valence-corrected chi connectivity index (χ1v) is 9.77. The van der Waals surface area contributed by atoms with Gasteiger partial charge in [0.15, 0.2) is 0 Å². The van der Waals surface area contributed by atoms with Gasteiger partial charge in [0.25, 0.3) is 0 Å². The van der Waals surface area contributed by atoms with Gasteiger partial charge >= 0.3 is 0 Å². The van der Waals surface area contributed by atoms with Gasteiger partial charge < -0.3 is 0 Å². The highest BCUT2D eigenvalue weighted by atomic mass is 32.2. The fourth-order valence-corrected chi connectivity index (χ4v) is 2.93. The Morgan fingerprint density at radius 2 is 1.84 bits per heavy atom. The van der Waals surface area contributed by atoms with E-state index in [2.05, 4.69) is 39.1 Å². The molecule has 0 N–H and O–H groups in total. The molecule has 3 heterocycles. The van der Waals surface area contributed by atoms with E-state index < -0.39 is 0 Å². The highest BCUT2D eigenvalue weighted by Crippen LogP contribution is 2.16. The zero-order valence-corrected chi connectivity index (χ0v) is 15.5. The minimum absolute atomic E-state index is 0.622. The molecule has 0 fully saturated rings. The van der Waals surface area contributed by atoms with Crippen molar-refractivity contribution >= 4 is 11.8 Å². The standard InChI is InChI=1S/C19H23N5S/c1-15(5-9-19-21-13-18(25-2)14-22-19)4-6-16-7-8-17(12-20-16)24-11-3-10-23-24/h3,7-8,10-15H,4-6,9H2,1-2H3. The number of pyridine rings is 1. The smallest absolute Gasteiger partial charge is 0.128 e. The Kier molecular flexibility index (Phi) is 6.17. The van der Waals surface area contributed by atoms with Gasteiger partial charge in [0.1, 0.15) is 5.82 Å². The quantitative estimate of drug-likeness (QED) is 0.573.